The van der Waals surface area contributed by atoms with Crippen molar-refractivity contribution < 1.29 is 8.78 Å². The fourth-order valence-corrected chi connectivity index (χ4v) is 3.95. The summed E-state index contributed by atoms with van der Waals surface area (Å²) in [5, 5.41) is 6.20. The topological polar surface area (TPSA) is 109 Å². The van der Waals surface area contributed by atoms with Crippen LogP contribution in [0.2, 0.25) is 0 Å². The number of rotatable bonds is 4. The first-order valence-corrected chi connectivity index (χ1v) is 10.7. The number of nitrogens with two attached hydrogens (primary N) is 1. The lowest BCUT2D eigenvalue weighted by Crippen LogP contribution is -2.44. The lowest BCUT2D eigenvalue weighted by atomic mass is 10.1. The molecular formula is C23H22F2N8O. The Balaban J connectivity index is 1.52. The Morgan fingerprint density at radius 2 is 1.76 bits per heavy atom. The summed E-state index contributed by atoms with van der Waals surface area (Å²) in [6.07, 6.45) is 1.52. The summed E-state index contributed by atoms with van der Waals surface area (Å²) in [7, 11) is 2.11. The predicted molar refractivity (Wildman–Crippen MR) is 125 cm³/mol. The fourth-order valence-electron chi connectivity index (χ4n) is 3.95. The van der Waals surface area contributed by atoms with Crippen LogP contribution in [-0.4, -0.2) is 62.9 Å². The quantitative estimate of drug-likeness (QED) is 0.477. The van der Waals surface area contributed by atoms with E-state index in [0.29, 0.717) is 5.69 Å². The largest absolute Gasteiger partial charge is 0.382 e. The zero-order chi connectivity index (χ0) is 23.8. The summed E-state index contributed by atoms with van der Waals surface area (Å²) in [4.78, 5) is 25.8. The maximum atomic E-state index is 14.4. The smallest absolute Gasteiger partial charge is 0.348 e. The van der Waals surface area contributed by atoms with Crippen molar-refractivity contribution in [3.05, 3.63) is 70.8 Å². The zero-order valence-electron chi connectivity index (χ0n) is 18.4. The van der Waals surface area contributed by atoms with Gasteiger partial charge in [0.2, 0.25) is 0 Å². The third kappa shape index (κ3) is 3.90. The van der Waals surface area contributed by atoms with Crippen LogP contribution in [0.4, 0.5) is 20.3 Å². The first-order valence-electron chi connectivity index (χ1n) is 10.7. The standard InChI is InChI=1S/C23H22F2N8O/c1-31-9-11-32(12-10-31)15-7-5-14(6-8-15)17-13-27-21(26)20(28-17)22-29-30-23(34)33(22)18-4-2-3-16(24)19(18)25/h2-8,13H,9-12H2,1H3,(H2,26,27)(H,30,34). The van der Waals surface area contributed by atoms with Crippen molar-refractivity contribution in [3.63, 3.8) is 0 Å². The molecule has 2 aromatic heterocycles. The predicted octanol–water partition coefficient (Wildman–Crippen LogP) is 2.30. The number of H-pyrrole nitrogens is 1. The van der Waals surface area contributed by atoms with Crippen molar-refractivity contribution in [2.75, 3.05) is 43.9 Å². The van der Waals surface area contributed by atoms with Gasteiger partial charge in [-0.25, -0.2) is 33.2 Å². The Kier molecular flexibility index (Phi) is 5.54. The molecular weight excluding hydrogens is 442 g/mol. The molecule has 0 unspecified atom stereocenters. The number of nitrogens with zero attached hydrogens (tertiary/aromatic N) is 6. The molecule has 5 rings (SSSR count). The number of likely N-dealkylation sites (N-methyl/N-ethyl adjacent to an activating group) is 1. The lowest BCUT2D eigenvalue weighted by molar-refractivity contribution is 0.313. The number of aromatic amines is 1. The van der Waals surface area contributed by atoms with Crippen LogP contribution >= 0.6 is 0 Å². The normalized spacial score (nSPS) is 14.5. The molecule has 9 nitrogen and oxygen atoms in total. The highest BCUT2D eigenvalue weighted by molar-refractivity contribution is 5.71. The molecule has 0 bridgehead atoms. The second-order valence-electron chi connectivity index (χ2n) is 8.09. The van der Waals surface area contributed by atoms with Crippen molar-refractivity contribution in [1.82, 2.24) is 29.6 Å². The van der Waals surface area contributed by atoms with Gasteiger partial charge in [-0.05, 0) is 31.3 Å². The van der Waals surface area contributed by atoms with Gasteiger partial charge in [-0.1, -0.05) is 18.2 Å². The number of hydrogen-bond acceptors (Lipinski definition) is 7. The van der Waals surface area contributed by atoms with Crippen molar-refractivity contribution in [2.24, 2.45) is 0 Å². The Morgan fingerprint density at radius 3 is 2.50 bits per heavy atom. The van der Waals surface area contributed by atoms with E-state index in [1.54, 1.807) is 0 Å². The molecule has 0 amide bonds. The van der Waals surface area contributed by atoms with Gasteiger partial charge in [0, 0.05) is 37.4 Å². The van der Waals surface area contributed by atoms with Gasteiger partial charge in [-0.3, -0.25) is 0 Å². The molecule has 0 atom stereocenters. The van der Waals surface area contributed by atoms with Crippen LogP contribution in [0, 0.1) is 11.6 Å². The van der Waals surface area contributed by atoms with E-state index in [1.807, 2.05) is 24.3 Å². The third-order valence-corrected chi connectivity index (χ3v) is 5.89. The average Bonchev–Trinajstić information content (AvgIpc) is 3.23. The fraction of sp³-hybridized carbons (Fsp3) is 0.217. The van der Waals surface area contributed by atoms with Gasteiger partial charge < -0.3 is 15.5 Å². The summed E-state index contributed by atoms with van der Waals surface area (Å²) in [5.74, 6) is -2.36. The number of piperazine rings is 1. The molecule has 0 radical (unpaired) electrons. The molecule has 1 aliphatic rings. The molecule has 1 aliphatic heterocycles. The van der Waals surface area contributed by atoms with E-state index in [-0.39, 0.29) is 23.0 Å². The van der Waals surface area contributed by atoms with Crippen LogP contribution in [0.15, 0.2) is 53.5 Å². The van der Waals surface area contributed by atoms with E-state index in [4.69, 9.17) is 5.73 Å². The van der Waals surface area contributed by atoms with E-state index in [2.05, 4.69) is 37.0 Å². The van der Waals surface area contributed by atoms with E-state index < -0.39 is 17.3 Å². The number of hydrogen-bond donors (Lipinski definition) is 2. The van der Waals surface area contributed by atoms with Gasteiger partial charge in [0.1, 0.15) is 0 Å². The van der Waals surface area contributed by atoms with Gasteiger partial charge in [0.15, 0.2) is 29.0 Å². The summed E-state index contributed by atoms with van der Waals surface area (Å²) in [5.41, 5.74) is 7.43. The SMILES string of the molecule is CN1CCN(c2ccc(-c3cnc(N)c(-c4n[nH]c(=O)n4-c4cccc(F)c4F)n3)cc2)CC1. The van der Waals surface area contributed by atoms with Gasteiger partial charge in [0.25, 0.3) is 0 Å². The number of benzene rings is 2. The first kappa shape index (κ1) is 21.7. The minimum absolute atomic E-state index is 0.00475. The van der Waals surface area contributed by atoms with Gasteiger partial charge in [-0.15, -0.1) is 0 Å². The Bertz CT molecular complexity index is 1390. The lowest BCUT2D eigenvalue weighted by Gasteiger charge is -2.34. The number of nitrogens with one attached hydrogen (secondary N) is 1. The second kappa shape index (κ2) is 8.67. The molecule has 1 saturated heterocycles. The highest BCUT2D eigenvalue weighted by Crippen LogP contribution is 2.28. The molecule has 0 aliphatic carbocycles. The Hall–Kier alpha value is -4.12. The van der Waals surface area contributed by atoms with E-state index in [0.717, 1.165) is 48.1 Å². The maximum absolute atomic E-state index is 14.4. The number of halogens is 2. The average molecular weight is 464 g/mol. The molecule has 2 aromatic carbocycles. The minimum Gasteiger partial charge on any atom is -0.382 e. The summed E-state index contributed by atoms with van der Waals surface area (Å²) < 4.78 is 29.1. The zero-order valence-corrected chi connectivity index (χ0v) is 18.4. The molecule has 11 heteroatoms. The molecule has 3 N–H and O–H groups in total. The second-order valence-corrected chi connectivity index (χ2v) is 8.09. The summed E-state index contributed by atoms with van der Waals surface area (Å²) >= 11 is 0. The van der Waals surface area contributed by atoms with Crippen LogP contribution in [0.1, 0.15) is 0 Å². The van der Waals surface area contributed by atoms with Crippen LogP contribution in [0.5, 0.6) is 0 Å². The van der Waals surface area contributed by atoms with Crippen molar-refractivity contribution in [2.45, 2.75) is 0 Å². The number of nitrogen functional groups attached to an aromatic ring is 1. The van der Waals surface area contributed by atoms with Crippen molar-refractivity contribution in [1.29, 1.82) is 0 Å². The third-order valence-electron chi connectivity index (χ3n) is 5.89. The van der Waals surface area contributed by atoms with E-state index >= 15 is 0 Å². The molecule has 0 spiro atoms. The van der Waals surface area contributed by atoms with Crippen LogP contribution in [-0.2, 0) is 0 Å². The molecule has 4 aromatic rings. The molecule has 3 heterocycles. The molecule has 34 heavy (non-hydrogen) atoms. The Labute approximate surface area is 193 Å². The van der Waals surface area contributed by atoms with Crippen LogP contribution in [0.25, 0.3) is 28.5 Å². The van der Waals surface area contributed by atoms with Crippen molar-refractivity contribution in [3.8, 4) is 28.5 Å². The minimum atomic E-state index is -1.19. The maximum Gasteiger partial charge on any atom is 0.348 e. The molecule has 0 saturated carbocycles. The van der Waals surface area contributed by atoms with Crippen LogP contribution < -0.4 is 16.3 Å². The highest BCUT2D eigenvalue weighted by Gasteiger charge is 2.22. The van der Waals surface area contributed by atoms with Crippen LogP contribution in [0.3, 0.4) is 0 Å². The summed E-state index contributed by atoms with van der Waals surface area (Å²) in [6, 6.07) is 11.4. The summed E-state index contributed by atoms with van der Waals surface area (Å²) in [6.45, 7) is 3.92. The molecule has 1 fully saturated rings. The number of aromatic nitrogens is 5. The molecule has 174 valence electrons. The van der Waals surface area contributed by atoms with Gasteiger partial charge >= 0.3 is 5.69 Å². The first-order chi connectivity index (χ1) is 16.4. The highest BCUT2D eigenvalue weighted by atomic mass is 19.2. The Morgan fingerprint density at radius 1 is 1.03 bits per heavy atom. The number of anilines is 2. The van der Waals surface area contributed by atoms with E-state index in [9.17, 15) is 13.6 Å². The monoisotopic (exact) mass is 464 g/mol. The van der Waals surface area contributed by atoms with Gasteiger partial charge in [0.05, 0.1) is 17.6 Å². The van der Waals surface area contributed by atoms with E-state index in [1.165, 1.54) is 18.3 Å². The van der Waals surface area contributed by atoms with Crippen molar-refractivity contribution >= 4 is 11.5 Å². The van der Waals surface area contributed by atoms with Gasteiger partial charge in [-0.2, -0.15) is 5.10 Å².